The first-order chi connectivity index (χ1) is 2.27. The van der Waals surface area contributed by atoms with Gasteiger partial charge >= 0.3 is 0 Å². The topological polar surface area (TPSA) is 9.23 Å². The lowest BCUT2D eigenvalue weighted by atomic mass is 11.8. The molecule has 0 aromatic rings. The summed E-state index contributed by atoms with van der Waals surface area (Å²) >= 11 is 0.0664. The molecule has 0 aliphatic carbocycles. The Hall–Kier alpha value is 0.310. The Morgan fingerprint density at radius 3 is 1.80 bits per heavy atom. The zero-order valence-corrected chi connectivity index (χ0v) is 4.34. The summed E-state index contributed by atoms with van der Waals surface area (Å²) < 4.78 is 4.53. The van der Waals surface area contributed by atoms with Crippen molar-refractivity contribution in [2.75, 3.05) is 12.5 Å². The van der Waals surface area contributed by atoms with E-state index >= 15 is 0 Å². The number of hydrogen-bond donors (Lipinski definition) is 0. The second kappa shape index (κ2) is 2.54. The molecule has 1 nitrogen and oxygen atoms in total. The molecule has 0 saturated heterocycles. The molecule has 0 radical (unpaired) electrons. The van der Waals surface area contributed by atoms with Crippen LogP contribution in [0.1, 0.15) is 0 Å². The van der Waals surface area contributed by atoms with Crippen LogP contribution in [-0.2, 0) is 15.4 Å². The van der Waals surface area contributed by atoms with E-state index in [1.165, 1.54) is 0 Å². The Bertz CT molecular complexity index is 20.9. The zero-order valence-electron chi connectivity index (χ0n) is 3.52. The van der Waals surface area contributed by atoms with Gasteiger partial charge in [-0.25, -0.2) is 0 Å². The van der Waals surface area contributed by atoms with Gasteiger partial charge < -0.3 is 4.18 Å². The van der Waals surface area contributed by atoms with Crippen molar-refractivity contribution in [1.82, 2.24) is 0 Å². The van der Waals surface area contributed by atoms with Crippen molar-refractivity contribution in [3.8, 4) is 0 Å². The molecule has 0 aliphatic rings. The van der Waals surface area contributed by atoms with Crippen LogP contribution in [0.5, 0.6) is 0 Å². The highest BCUT2D eigenvalue weighted by atomic mass is 32.2. The highest BCUT2D eigenvalue weighted by Crippen LogP contribution is 1.79. The summed E-state index contributed by atoms with van der Waals surface area (Å²) in [6, 6.07) is 0. The van der Waals surface area contributed by atoms with Crippen molar-refractivity contribution >= 4 is 11.2 Å². The summed E-state index contributed by atoms with van der Waals surface area (Å²) in [6.07, 6.45) is 3.93. The maximum atomic E-state index is 4.53. The smallest absolute Gasteiger partial charge is 0.127 e. The predicted molar refractivity (Wildman–Crippen MR) is 25.7 cm³/mol. The van der Waals surface area contributed by atoms with Gasteiger partial charge in [-0.15, -0.1) is 0 Å². The van der Waals surface area contributed by atoms with Crippen molar-refractivity contribution in [3.05, 3.63) is 7.11 Å². The molecule has 0 saturated carbocycles. The normalized spacial score (nSPS) is 9.60. The van der Waals surface area contributed by atoms with E-state index in [9.17, 15) is 0 Å². The molecule has 0 rings (SSSR count). The van der Waals surface area contributed by atoms with Crippen LogP contribution in [0.15, 0.2) is 0 Å². The average Bonchev–Trinajstić information content (AvgIpc) is 1.38. The third-order valence-corrected chi connectivity index (χ3v) is 0.707. The van der Waals surface area contributed by atoms with Gasteiger partial charge in [0.2, 0.25) is 0 Å². The molecule has 0 atom stereocenters. The fourth-order valence-electron chi connectivity index (χ4n) is 0. The summed E-state index contributed by atoms with van der Waals surface area (Å²) in [5.74, 6) is 0. The summed E-state index contributed by atoms with van der Waals surface area (Å²) in [6.45, 7) is 0. The van der Waals surface area contributed by atoms with E-state index in [4.69, 9.17) is 0 Å². The van der Waals surface area contributed by atoms with E-state index in [1.807, 2.05) is 12.5 Å². The second-order valence-electron chi connectivity index (χ2n) is 0.859. The van der Waals surface area contributed by atoms with E-state index in [0.717, 1.165) is 0 Å². The predicted octanol–water partition coefficient (Wildman–Crippen LogP) is 0.587. The molecule has 0 amide bonds. The molecule has 0 N–H and O–H groups in total. The molecule has 0 aromatic carbocycles. The molecule has 0 bridgehead atoms. The van der Waals surface area contributed by atoms with Crippen LogP contribution < -0.4 is 0 Å². The van der Waals surface area contributed by atoms with Gasteiger partial charge in [-0.3, -0.25) is 0 Å². The summed E-state index contributed by atoms with van der Waals surface area (Å²) in [5.41, 5.74) is 0. The lowest BCUT2D eigenvalue weighted by Crippen LogP contribution is -1.91. The standard InChI is InChI=1S/C3H8OS/c1-4-5(2)3/h1H2,2-3H3. The molecule has 5 heavy (non-hydrogen) atoms. The summed E-state index contributed by atoms with van der Waals surface area (Å²) in [7, 11) is 3.20. The van der Waals surface area contributed by atoms with Gasteiger partial charge in [-0.1, -0.05) is 0 Å². The average molecular weight is 92.2 g/mol. The van der Waals surface area contributed by atoms with Gasteiger partial charge in [-0.05, 0) is 0 Å². The molecule has 0 unspecified atom stereocenters. The third kappa shape index (κ3) is 4.31. The summed E-state index contributed by atoms with van der Waals surface area (Å²) in [4.78, 5) is 0. The van der Waals surface area contributed by atoms with Gasteiger partial charge in [0.25, 0.3) is 0 Å². The van der Waals surface area contributed by atoms with Crippen molar-refractivity contribution in [2.45, 2.75) is 0 Å². The molecule has 32 valence electrons. The Morgan fingerprint density at radius 2 is 1.80 bits per heavy atom. The van der Waals surface area contributed by atoms with Crippen molar-refractivity contribution in [3.63, 3.8) is 0 Å². The quantitative estimate of drug-likeness (QED) is 0.340. The van der Waals surface area contributed by atoms with Gasteiger partial charge in [0.1, 0.15) is 23.7 Å². The minimum atomic E-state index is 0.0664. The van der Waals surface area contributed by atoms with E-state index in [2.05, 4.69) is 11.3 Å². The second-order valence-corrected chi connectivity index (χ2v) is 2.58. The van der Waals surface area contributed by atoms with Gasteiger partial charge in [0.15, 0.2) is 0 Å². The first kappa shape index (κ1) is 5.31. The van der Waals surface area contributed by atoms with Gasteiger partial charge in [-0.2, -0.15) is 7.11 Å². The molecule has 0 heterocycles. The molecule has 0 fully saturated rings. The Morgan fingerprint density at radius 1 is 1.60 bits per heavy atom. The number of rotatable bonds is 1. The van der Waals surface area contributed by atoms with Crippen LogP contribution in [0, 0.1) is 7.11 Å². The molecular weight excluding hydrogens is 84.1 g/mol. The minimum Gasteiger partial charge on any atom is -0.347 e. The van der Waals surface area contributed by atoms with Gasteiger partial charge in [0.05, 0.1) is 0 Å². The maximum absolute atomic E-state index is 4.53. The van der Waals surface area contributed by atoms with Crippen LogP contribution in [0.4, 0.5) is 0 Å². The molecule has 0 aromatic heterocycles. The highest BCUT2D eigenvalue weighted by molar-refractivity contribution is 7.90. The van der Waals surface area contributed by atoms with Crippen molar-refractivity contribution < 1.29 is 4.18 Å². The molecule has 0 spiro atoms. The highest BCUT2D eigenvalue weighted by Gasteiger charge is 1.85. The van der Waals surface area contributed by atoms with Crippen molar-refractivity contribution in [2.24, 2.45) is 0 Å². The zero-order chi connectivity index (χ0) is 4.28. The molecule has 2 heteroatoms. The lowest BCUT2D eigenvalue weighted by molar-refractivity contribution is 0.546. The van der Waals surface area contributed by atoms with Crippen LogP contribution in [0.2, 0.25) is 0 Å². The largest absolute Gasteiger partial charge is 0.347 e. The lowest BCUT2D eigenvalue weighted by Gasteiger charge is -1.90. The maximum Gasteiger partial charge on any atom is 0.127 e. The van der Waals surface area contributed by atoms with Crippen molar-refractivity contribution in [1.29, 1.82) is 0 Å². The van der Waals surface area contributed by atoms with E-state index in [1.54, 1.807) is 0 Å². The van der Waals surface area contributed by atoms with E-state index in [0.29, 0.717) is 0 Å². The van der Waals surface area contributed by atoms with Crippen LogP contribution in [0.25, 0.3) is 0 Å². The van der Waals surface area contributed by atoms with Crippen LogP contribution in [0.3, 0.4) is 0 Å². The Kier molecular flexibility index (Phi) is 2.70. The SMILES string of the molecule is [CH2-]O[S+](C)C. The van der Waals surface area contributed by atoms with Crippen LogP contribution in [-0.4, -0.2) is 12.5 Å². The van der Waals surface area contributed by atoms with E-state index < -0.39 is 0 Å². The number of hydrogen-bond acceptors (Lipinski definition) is 1. The Balaban J connectivity index is 2.54. The fraction of sp³-hybridized carbons (Fsp3) is 0.667. The first-order valence-electron chi connectivity index (χ1n) is 1.27. The first-order valence-corrected chi connectivity index (χ1v) is 3.24. The Labute approximate surface area is 35.9 Å². The third-order valence-electron chi connectivity index (χ3n) is 0.236. The molecule has 0 aliphatic heterocycles. The monoisotopic (exact) mass is 92.0 g/mol. The molecular formula is C3H8OS. The fourth-order valence-corrected chi connectivity index (χ4v) is 0. The minimum absolute atomic E-state index is 0.0664. The summed E-state index contributed by atoms with van der Waals surface area (Å²) in [5, 5.41) is 0. The van der Waals surface area contributed by atoms with Crippen LogP contribution >= 0.6 is 0 Å². The van der Waals surface area contributed by atoms with E-state index in [-0.39, 0.29) is 11.2 Å². The van der Waals surface area contributed by atoms with Gasteiger partial charge in [0, 0.05) is 0 Å².